The van der Waals surface area contributed by atoms with Gasteiger partial charge in [0.2, 0.25) is 0 Å². The van der Waals surface area contributed by atoms with Crippen molar-refractivity contribution in [1.29, 1.82) is 0 Å². The molecule has 0 saturated heterocycles. The highest BCUT2D eigenvalue weighted by Gasteiger charge is 2.09. The Labute approximate surface area is 136 Å². The summed E-state index contributed by atoms with van der Waals surface area (Å²) in [6.07, 6.45) is 0. The van der Waals surface area contributed by atoms with Crippen LogP contribution in [0, 0.1) is 0 Å². The molecule has 0 heterocycles. The third-order valence-electron chi connectivity index (χ3n) is 3.46. The first-order valence-corrected chi connectivity index (χ1v) is 7.59. The van der Waals surface area contributed by atoms with Crippen molar-refractivity contribution in [3.05, 3.63) is 71.8 Å². The van der Waals surface area contributed by atoms with E-state index in [9.17, 15) is 9.59 Å². The molecule has 0 fully saturated rings. The SMILES string of the molecule is CN(CCOCC(=O)c1ccccc1)CC(=O)c1ccccc1. The Kier molecular flexibility index (Phi) is 6.66. The number of hydrogen-bond donors (Lipinski definition) is 0. The number of Topliss-reactive ketones (excluding diaryl/α,β-unsaturated/α-hetero) is 2. The maximum atomic E-state index is 12.0. The van der Waals surface area contributed by atoms with Crippen LogP contribution in [0.15, 0.2) is 60.7 Å². The van der Waals surface area contributed by atoms with E-state index in [0.29, 0.717) is 30.8 Å². The average Bonchev–Trinajstić information content (AvgIpc) is 2.60. The van der Waals surface area contributed by atoms with Gasteiger partial charge in [0.25, 0.3) is 0 Å². The molecule has 0 saturated carbocycles. The highest BCUT2D eigenvalue weighted by atomic mass is 16.5. The summed E-state index contributed by atoms with van der Waals surface area (Å²) < 4.78 is 5.41. The van der Waals surface area contributed by atoms with Crippen molar-refractivity contribution in [2.45, 2.75) is 0 Å². The second kappa shape index (κ2) is 8.98. The summed E-state index contributed by atoms with van der Waals surface area (Å²) in [6, 6.07) is 18.3. The third kappa shape index (κ3) is 5.77. The molecule has 2 rings (SSSR count). The van der Waals surface area contributed by atoms with Crippen LogP contribution < -0.4 is 0 Å². The van der Waals surface area contributed by atoms with Crippen molar-refractivity contribution in [3.8, 4) is 0 Å². The highest BCUT2D eigenvalue weighted by Crippen LogP contribution is 2.02. The van der Waals surface area contributed by atoms with Crippen molar-refractivity contribution in [2.75, 3.05) is 33.4 Å². The van der Waals surface area contributed by atoms with Crippen LogP contribution >= 0.6 is 0 Å². The van der Waals surface area contributed by atoms with Crippen LogP contribution in [-0.2, 0) is 4.74 Å². The second-order valence-corrected chi connectivity index (χ2v) is 5.37. The quantitative estimate of drug-likeness (QED) is 0.528. The summed E-state index contributed by atoms with van der Waals surface area (Å²) in [4.78, 5) is 25.8. The molecule has 4 nitrogen and oxygen atoms in total. The van der Waals surface area contributed by atoms with Crippen molar-refractivity contribution >= 4 is 11.6 Å². The van der Waals surface area contributed by atoms with Gasteiger partial charge in [0.15, 0.2) is 11.6 Å². The van der Waals surface area contributed by atoms with Gasteiger partial charge in [-0.2, -0.15) is 0 Å². The normalized spacial score (nSPS) is 10.7. The smallest absolute Gasteiger partial charge is 0.188 e. The fraction of sp³-hybridized carbons (Fsp3) is 0.263. The Morgan fingerprint density at radius 2 is 1.39 bits per heavy atom. The number of ether oxygens (including phenoxy) is 1. The van der Waals surface area contributed by atoms with E-state index in [1.165, 1.54) is 0 Å². The molecule has 0 aliphatic carbocycles. The summed E-state index contributed by atoms with van der Waals surface area (Å²) in [5.74, 6) is 0.0436. The molecule has 23 heavy (non-hydrogen) atoms. The number of hydrogen-bond acceptors (Lipinski definition) is 4. The second-order valence-electron chi connectivity index (χ2n) is 5.37. The number of ketones is 2. The molecule has 0 aromatic heterocycles. The minimum atomic E-state index is -0.0337. The van der Waals surface area contributed by atoms with Crippen LogP contribution in [0.25, 0.3) is 0 Å². The topological polar surface area (TPSA) is 46.6 Å². The van der Waals surface area contributed by atoms with Gasteiger partial charge in [0, 0.05) is 17.7 Å². The standard InChI is InChI=1S/C19H21NO3/c1-20(14-18(21)16-8-4-2-5-9-16)12-13-23-15-19(22)17-10-6-3-7-11-17/h2-11H,12-15H2,1H3. The van der Waals surface area contributed by atoms with Gasteiger partial charge in [-0.05, 0) is 7.05 Å². The van der Waals surface area contributed by atoms with Gasteiger partial charge in [-0.3, -0.25) is 14.5 Å². The monoisotopic (exact) mass is 311 g/mol. The molecule has 0 amide bonds. The molecule has 0 aliphatic heterocycles. The summed E-state index contributed by atoms with van der Waals surface area (Å²) in [6.45, 7) is 1.41. The lowest BCUT2D eigenvalue weighted by atomic mass is 10.1. The zero-order valence-corrected chi connectivity index (χ0v) is 13.3. The molecule has 0 atom stereocenters. The van der Waals surface area contributed by atoms with Crippen molar-refractivity contribution in [3.63, 3.8) is 0 Å². The predicted molar refractivity (Wildman–Crippen MR) is 89.9 cm³/mol. The van der Waals surface area contributed by atoms with Gasteiger partial charge in [-0.15, -0.1) is 0 Å². The van der Waals surface area contributed by atoms with Gasteiger partial charge in [-0.1, -0.05) is 60.7 Å². The number of nitrogens with zero attached hydrogens (tertiary/aromatic N) is 1. The molecule has 0 N–H and O–H groups in total. The molecular weight excluding hydrogens is 290 g/mol. The maximum absolute atomic E-state index is 12.0. The molecule has 0 aliphatic rings. The third-order valence-corrected chi connectivity index (χ3v) is 3.46. The Hall–Kier alpha value is -2.30. The molecular formula is C19H21NO3. The van der Waals surface area contributed by atoms with Crippen LogP contribution in [0.2, 0.25) is 0 Å². The Balaban J connectivity index is 1.66. The lowest BCUT2D eigenvalue weighted by molar-refractivity contribution is 0.0701. The molecule has 0 unspecified atom stereocenters. The lowest BCUT2D eigenvalue weighted by Crippen LogP contribution is -2.29. The summed E-state index contributed by atoms with van der Waals surface area (Å²) in [5.41, 5.74) is 1.36. The van der Waals surface area contributed by atoms with Gasteiger partial charge in [-0.25, -0.2) is 0 Å². The fourth-order valence-electron chi connectivity index (χ4n) is 2.13. The van der Waals surface area contributed by atoms with Gasteiger partial charge < -0.3 is 4.74 Å². The van der Waals surface area contributed by atoms with Crippen molar-refractivity contribution in [2.24, 2.45) is 0 Å². The number of carbonyl (C=O) groups is 2. The van der Waals surface area contributed by atoms with Crippen LogP contribution in [-0.4, -0.2) is 49.8 Å². The average molecular weight is 311 g/mol. The van der Waals surface area contributed by atoms with Crippen molar-refractivity contribution in [1.82, 2.24) is 4.90 Å². The minimum absolute atomic E-state index is 0.0337. The van der Waals surface area contributed by atoms with E-state index in [1.54, 1.807) is 12.1 Å². The van der Waals surface area contributed by atoms with E-state index in [2.05, 4.69) is 0 Å². The van der Waals surface area contributed by atoms with Crippen LogP contribution in [0.4, 0.5) is 0 Å². The zero-order chi connectivity index (χ0) is 16.5. The number of likely N-dealkylation sites (N-methyl/N-ethyl adjacent to an activating group) is 1. The molecule has 0 bridgehead atoms. The summed E-state index contributed by atoms with van der Waals surface area (Å²) in [5, 5.41) is 0. The first-order chi connectivity index (χ1) is 11.2. The van der Waals surface area contributed by atoms with Crippen molar-refractivity contribution < 1.29 is 14.3 Å². The Bertz CT molecular complexity index is 626. The molecule has 2 aromatic rings. The van der Waals surface area contributed by atoms with Gasteiger partial charge in [0.1, 0.15) is 6.61 Å². The maximum Gasteiger partial charge on any atom is 0.188 e. The van der Waals surface area contributed by atoms with E-state index in [4.69, 9.17) is 4.74 Å². The minimum Gasteiger partial charge on any atom is -0.372 e. The Morgan fingerprint density at radius 1 is 0.870 bits per heavy atom. The van der Waals surface area contributed by atoms with E-state index < -0.39 is 0 Å². The first kappa shape index (κ1) is 17.1. The van der Waals surface area contributed by atoms with Crippen LogP contribution in [0.1, 0.15) is 20.7 Å². The van der Waals surface area contributed by atoms with E-state index >= 15 is 0 Å². The number of rotatable bonds is 9. The number of benzene rings is 2. The molecule has 0 radical (unpaired) electrons. The highest BCUT2D eigenvalue weighted by molar-refractivity contribution is 5.97. The summed E-state index contributed by atoms with van der Waals surface area (Å²) >= 11 is 0. The zero-order valence-electron chi connectivity index (χ0n) is 13.3. The molecule has 0 spiro atoms. The van der Waals surface area contributed by atoms with Gasteiger partial charge >= 0.3 is 0 Å². The predicted octanol–water partition coefficient (Wildman–Crippen LogP) is 2.70. The molecule has 120 valence electrons. The van der Waals surface area contributed by atoms with Crippen LogP contribution in [0.3, 0.4) is 0 Å². The van der Waals surface area contributed by atoms with E-state index in [-0.39, 0.29) is 18.2 Å². The van der Waals surface area contributed by atoms with E-state index in [0.717, 1.165) is 0 Å². The first-order valence-electron chi connectivity index (χ1n) is 7.59. The lowest BCUT2D eigenvalue weighted by Gasteiger charge is -2.15. The van der Waals surface area contributed by atoms with E-state index in [1.807, 2.05) is 60.5 Å². The largest absolute Gasteiger partial charge is 0.372 e. The number of carbonyl (C=O) groups excluding carboxylic acids is 2. The van der Waals surface area contributed by atoms with Crippen LogP contribution in [0.5, 0.6) is 0 Å². The Morgan fingerprint density at radius 3 is 1.96 bits per heavy atom. The van der Waals surface area contributed by atoms with Gasteiger partial charge in [0.05, 0.1) is 13.2 Å². The molecule has 2 aromatic carbocycles. The summed E-state index contributed by atoms with van der Waals surface area (Å²) in [7, 11) is 1.86. The fourth-order valence-corrected chi connectivity index (χ4v) is 2.13. The molecule has 4 heteroatoms.